The van der Waals surface area contributed by atoms with Crippen molar-refractivity contribution < 1.29 is 17.9 Å². The minimum Gasteiger partial charge on any atom is -0.361 e. The summed E-state index contributed by atoms with van der Waals surface area (Å²) in [6, 6.07) is 0. The Morgan fingerprint density at radius 2 is 1.67 bits per heavy atom. The topological polar surface area (TPSA) is 21.3 Å². The molecule has 1 atom stereocenters. The smallest absolute Gasteiger partial charge is 0.361 e. The maximum Gasteiger partial charge on any atom is 0.414 e. The Bertz CT molecular complexity index is 264. The molecular formula is C13H24F3NO. The Labute approximate surface area is 107 Å². The standard InChI is InChI=1S/C13H24F3NO/c1-10(13(14,15)16)18-12(7-5-6-8-12)9-17-11(2,3)4/h10,17H,5-9H2,1-4H3. The lowest BCUT2D eigenvalue weighted by Gasteiger charge is -2.36. The predicted molar refractivity (Wildman–Crippen MR) is 65.6 cm³/mol. The van der Waals surface area contributed by atoms with Gasteiger partial charge in [0.05, 0.1) is 5.60 Å². The number of ether oxygens (including phenoxy) is 1. The number of hydrogen-bond donors (Lipinski definition) is 1. The van der Waals surface area contributed by atoms with E-state index in [1.807, 2.05) is 20.8 Å². The van der Waals surface area contributed by atoms with Gasteiger partial charge >= 0.3 is 6.18 Å². The zero-order valence-electron chi connectivity index (χ0n) is 11.7. The van der Waals surface area contributed by atoms with Crippen LogP contribution in [0, 0.1) is 0 Å². The lowest BCUT2D eigenvalue weighted by atomic mass is 9.99. The molecule has 0 heterocycles. The molecule has 1 aliphatic carbocycles. The first-order chi connectivity index (χ1) is 8.04. The highest BCUT2D eigenvalue weighted by molar-refractivity contribution is 4.92. The maximum atomic E-state index is 12.6. The molecule has 5 heteroatoms. The van der Waals surface area contributed by atoms with E-state index in [1.165, 1.54) is 0 Å². The summed E-state index contributed by atoms with van der Waals surface area (Å²) < 4.78 is 43.2. The summed E-state index contributed by atoms with van der Waals surface area (Å²) in [4.78, 5) is 0. The van der Waals surface area contributed by atoms with E-state index in [2.05, 4.69) is 5.32 Å². The number of hydrogen-bond acceptors (Lipinski definition) is 2. The monoisotopic (exact) mass is 267 g/mol. The molecule has 0 aromatic rings. The molecule has 0 bridgehead atoms. The zero-order chi connectivity index (χ0) is 14.0. The van der Waals surface area contributed by atoms with Gasteiger partial charge in [-0.15, -0.1) is 0 Å². The van der Waals surface area contributed by atoms with E-state index in [9.17, 15) is 13.2 Å². The molecule has 1 unspecified atom stereocenters. The normalized spacial score (nSPS) is 22.2. The second-order valence-electron chi connectivity index (χ2n) is 6.30. The van der Waals surface area contributed by atoms with Gasteiger partial charge in [-0.2, -0.15) is 13.2 Å². The fraction of sp³-hybridized carbons (Fsp3) is 1.00. The summed E-state index contributed by atoms with van der Waals surface area (Å²) in [5.41, 5.74) is -0.761. The Morgan fingerprint density at radius 3 is 2.06 bits per heavy atom. The molecule has 18 heavy (non-hydrogen) atoms. The van der Waals surface area contributed by atoms with E-state index in [-0.39, 0.29) is 5.54 Å². The summed E-state index contributed by atoms with van der Waals surface area (Å²) >= 11 is 0. The van der Waals surface area contributed by atoms with Gasteiger partial charge in [-0.3, -0.25) is 0 Å². The largest absolute Gasteiger partial charge is 0.414 e. The van der Waals surface area contributed by atoms with Crippen LogP contribution in [0.5, 0.6) is 0 Å². The average molecular weight is 267 g/mol. The Kier molecular flexibility index (Phi) is 4.70. The van der Waals surface area contributed by atoms with Crippen LogP contribution in [0.2, 0.25) is 0 Å². The van der Waals surface area contributed by atoms with Crippen LogP contribution in [-0.4, -0.2) is 30.0 Å². The summed E-state index contributed by atoms with van der Waals surface area (Å²) in [7, 11) is 0. The van der Waals surface area contributed by atoms with Crippen molar-refractivity contribution in [1.29, 1.82) is 0 Å². The summed E-state index contributed by atoms with van der Waals surface area (Å²) in [6.45, 7) is 7.59. The van der Waals surface area contributed by atoms with Crippen LogP contribution in [0.3, 0.4) is 0 Å². The van der Waals surface area contributed by atoms with E-state index >= 15 is 0 Å². The zero-order valence-corrected chi connectivity index (χ0v) is 11.7. The van der Waals surface area contributed by atoms with Crippen molar-refractivity contribution in [2.24, 2.45) is 0 Å². The molecule has 108 valence electrons. The number of alkyl halides is 3. The number of rotatable bonds is 4. The van der Waals surface area contributed by atoms with E-state index in [1.54, 1.807) is 0 Å². The minimum absolute atomic E-state index is 0.111. The third kappa shape index (κ3) is 4.76. The first-order valence-electron chi connectivity index (χ1n) is 6.54. The number of halogens is 3. The van der Waals surface area contributed by atoms with Crippen LogP contribution < -0.4 is 5.32 Å². The molecule has 0 amide bonds. The van der Waals surface area contributed by atoms with Crippen molar-refractivity contribution in [2.75, 3.05) is 6.54 Å². The van der Waals surface area contributed by atoms with Crippen LogP contribution in [0.25, 0.3) is 0 Å². The Hall–Kier alpha value is -0.290. The second kappa shape index (κ2) is 5.37. The van der Waals surface area contributed by atoms with Gasteiger partial charge in [-0.05, 0) is 40.5 Å². The SMILES string of the molecule is CC(OC1(CNC(C)(C)C)CCCC1)C(F)(F)F. The lowest BCUT2D eigenvalue weighted by molar-refractivity contribution is -0.246. The fourth-order valence-electron chi connectivity index (χ4n) is 2.22. The number of nitrogens with one attached hydrogen (secondary N) is 1. The van der Waals surface area contributed by atoms with Gasteiger partial charge in [0.15, 0.2) is 6.10 Å². The maximum absolute atomic E-state index is 12.6. The van der Waals surface area contributed by atoms with E-state index in [4.69, 9.17) is 4.74 Å². The molecule has 0 spiro atoms. The molecular weight excluding hydrogens is 243 g/mol. The van der Waals surface area contributed by atoms with Crippen molar-refractivity contribution in [1.82, 2.24) is 5.32 Å². The van der Waals surface area contributed by atoms with E-state index in [0.717, 1.165) is 19.8 Å². The van der Waals surface area contributed by atoms with Gasteiger partial charge in [-0.25, -0.2) is 0 Å². The summed E-state index contributed by atoms with van der Waals surface area (Å²) in [5, 5.41) is 3.27. The fourth-order valence-corrected chi connectivity index (χ4v) is 2.22. The highest BCUT2D eigenvalue weighted by Crippen LogP contribution is 2.37. The van der Waals surface area contributed by atoms with Crippen molar-refractivity contribution in [2.45, 2.75) is 76.8 Å². The first kappa shape index (κ1) is 15.8. The van der Waals surface area contributed by atoms with Crippen molar-refractivity contribution in [3.63, 3.8) is 0 Å². The van der Waals surface area contributed by atoms with Crippen LogP contribution in [0.4, 0.5) is 13.2 Å². The Morgan fingerprint density at radius 1 is 1.17 bits per heavy atom. The van der Waals surface area contributed by atoms with Crippen LogP contribution in [0.1, 0.15) is 53.4 Å². The van der Waals surface area contributed by atoms with Gasteiger partial charge in [-0.1, -0.05) is 12.8 Å². The molecule has 0 aromatic carbocycles. The first-order valence-corrected chi connectivity index (χ1v) is 6.54. The summed E-state index contributed by atoms with van der Waals surface area (Å²) in [5.74, 6) is 0. The van der Waals surface area contributed by atoms with Gasteiger partial charge in [0.25, 0.3) is 0 Å². The van der Waals surface area contributed by atoms with Gasteiger partial charge in [0.1, 0.15) is 0 Å². The molecule has 0 saturated heterocycles. The molecule has 0 aromatic heterocycles. The average Bonchev–Trinajstić information content (AvgIpc) is 2.62. The highest BCUT2D eigenvalue weighted by atomic mass is 19.4. The van der Waals surface area contributed by atoms with Crippen molar-refractivity contribution in [3.05, 3.63) is 0 Å². The van der Waals surface area contributed by atoms with Crippen LogP contribution in [0.15, 0.2) is 0 Å². The third-order valence-electron chi connectivity index (χ3n) is 3.34. The molecule has 1 aliphatic rings. The van der Waals surface area contributed by atoms with Crippen molar-refractivity contribution in [3.8, 4) is 0 Å². The predicted octanol–water partition coefficient (Wildman–Crippen LogP) is 3.65. The third-order valence-corrected chi connectivity index (χ3v) is 3.34. The molecule has 1 N–H and O–H groups in total. The van der Waals surface area contributed by atoms with Crippen LogP contribution in [-0.2, 0) is 4.74 Å². The van der Waals surface area contributed by atoms with Gasteiger partial charge < -0.3 is 10.1 Å². The van der Waals surface area contributed by atoms with Gasteiger partial charge in [0, 0.05) is 12.1 Å². The second-order valence-corrected chi connectivity index (χ2v) is 6.30. The molecule has 0 aliphatic heterocycles. The molecule has 1 rings (SSSR count). The summed E-state index contributed by atoms with van der Waals surface area (Å²) in [6.07, 6.45) is -2.69. The molecule has 1 saturated carbocycles. The molecule has 1 fully saturated rings. The lowest BCUT2D eigenvalue weighted by Crippen LogP contribution is -2.50. The van der Waals surface area contributed by atoms with E-state index in [0.29, 0.717) is 19.4 Å². The Balaban J connectivity index is 2.64. The quantitative estimate of drug-likeness (QED) is 0.839. The van der Waals surface area contributed by atoms with E-state index < -0.39 is 17.9 Å². The molecule has 0 radical (unpaired) electrons. The van der Waals surface area contributed by atoms with Crippen molar-refractivity contribution >= 4 is 0 Å². The minimum atomic E-state index is -4.28. The van der Waals surface area contributed by atoms with Crippen LogP contribution >= 0.6 is 0 Å². The van der Waals surface area contributed by atoms with Gasteiger partial charge in [0.2, 0.25) is 0 Å². The molecule has 2 nitrogen and oxygen atoms in total. The highest BCUT2D eigenvalue weighted by Gasteiger charge is 2.44.